The van der Waals surface area contributed by atoms with Crippen molar-refractivity contribution in [3.05, 3.63) is 0 Å². The first-order chi connectivity index (χ1) is 5.72. The van der Waals surface area contributed by atoms with E-state index >= 15 is 0 Å². The summed E-state index contributed by atoms with van der Waals surface area (Å²) in [5.41, 5.74) is 5.72. The van der Waals surface area contributed by atoms with Gasteiger partial charge >= 0.3 is 0 Å². The lowest BCUT2D eigenvalue weighted by Crippen LogP contribution is -2.21. The summed E-state index contributed by atoms with van der Waals surface area (Å²) in [5, 5.41) is 9.23. The number of aliphatic hydroxyl groups is 1. The standard InChI is InChI=1S/C9H19NO2/c1-2-8(11)6-12-9-4-3-7(10)5-9/h7-9,11H,2-6,10H2,1H3. The molecule has 3 heteroatoms. The van der Waals surface area contributed by atoms with Crippen LogP contribution in [0.2, 0.25) is 0 Å². The Kier molecular flexibility index (Phi) is 3.98. The lowest BCUT2D eigenvalue weighted by molar-refractivity contribution is -0.00754. The van der Waals surface area contributed by atoms with Crippen molar-refractivity contribution in [1.29, 1.82) is 0 Å². The van der Waals surface area contributed by atoms with Crippen molar-refractivity contribution in [3.8, 4) is 0 Å². The highest BCUT2D eigenvalue weighted by Crippen LogP contribution is 2.20. The lowest BCUT2D eigenvalue weighted by Gasteiger charge is -2.14. The Morgan fingerprint density at radius 3 is 2.83 bits per heavy atom. The summed E-state index contributed by atoms with van der Waals surface area (Å²) in [6.45, 7) is 2.42. The summed E-state index contributed by atoms with van der Waals surface area (Å²) >= 11 is 0. The second-order valence-electron chi connectivity index (χ2n) is 3.59. The van der Waals surface area contributed by atoms with E-state index in [1.54, 1.807) is 0 Å². The molecule has 0 bridgehead atoms. The maximum absolute atomic E-state index is 9.23. The summed E-state index contributed by atoms with van der Waals surface area (Å²) in [7, 11) is 0. The Morgan fingerprint density at radius 2 is 2.33 bits per heavy atom. The van der Waals surface area contributed by atoms with Crippen LogP contribution < -0.4 is 5.73 Å². The van der Waals surface area contributed by atoms with E-state index in [1.807, 2.05) is 6.92 Å². The fraction of sp³-hybridized carbons (Fsp3) is 1.00. The van der Waals surface area contributed by atoms with Crippen LogP contribution in [-0.2, 0) is 4.74 Å². The molecule has 1 aliphatic carbocycles. The number of nitrogens with two attached hydrogens (primary N) is 1. The maximum atomic E-state index is 9.23. The number of hydrogen-bond donors (Lipinski definition) is 2. The van der Waals surface area contributed by atoms with Gasteiger partial charge in [0.05, 0.1) is 18.8 Å². The van der Waals surface area contributed by atoms with Gasteiger partial charge in [-0.15, -0.1) is 0 Å². The molecular formula is C9H19NO2. The molecule has 1 saturated carbocycles. The van der Waals surface area contributed by atoms with Crippen LogP contribution in [0.5, 0.6) is 0 Å². The van der Waals surface area contributed by atoms with Gasteiger partial charge in [0.2, 0.25) is 0 Å². The highest BCUT2D eigenvalue weighted by molar-refractivity contribution is 4.78. The predicted molar refractivity (Wildman–Crippen MR) is 47.9 cm³/mol. The van der Waals surface area contributed by atoms with Crippen molar-refractivity contribution in [2.45, 2.75) is 50.9 Å². The molecule has 1 fully saturated rings. The molecule has 3 N–H and O–H groups in total. The molecule has 1 rings (SSSR count). The van der Waals surface area contributed by atoms with E-state index in [9.17, 15) is 5.11 Å². The molecule has 3 unspecified atom stereocenters. The highest BCUT2D eigenvalue weighted by Gasteiger charge is 2.22. The van der Waals surface area contributed by atoms with Crippen LogP contribution in [0, 0.1) is 0 Å². The fourth-order valence-corrected chi connectivity index (χ4v) is 1.49. The van der Waals surface area contributed by atoms with Crippen LogP contribution >= 0.6 is 0 Å². The molecule has 0 aromatic rings. The first-order valence-corrected chi connectivity index (χ1v) is 4.77. The van der Waals surface area contributed by atoms with Crippen molar-refractivity contribution in [2.75, 3.05) is 6.61 Å². The van der Waals surface area contributed by atoms with E-state index < -0.39 is 0 Å². The molecular weight excluding hydrogens is 154 g/mol. The van der Waals surface area contributed by atoms with Gasteiger partial charge in [-0.05, 0) is 25.7 Å². The van der Waals surface area contributed by atoms with Gasteiger partial charge in [-0.3, -0.25) is 0 Å². The SMILES string of the molecule is CCC(O)COC1CCC(N)C1. The summed E-state index contributed by atoms with van der Waals surface area (Å²) < 4.78 is 5.50. The molecule has 0 radical (unpaired) electrons. The van der Waals surface area contributed by atoms with Crippen LogP contribution in [0.3, 0.4) is 0 Å². The topological polar surface area (TPSA) is 55.5 Å². The van der Waals surface area contributed by atoms with Crippen molar-refractivity contribution in [3.63, 3.8) is 0 Å². The second-order valence-corrected chi connectivity index (χ2v) is 3.59. The van der Waals surface area contributed by atoms with Crippen LogP contribution in [-0.4, -0.2) is 30.0 Å². The Balaban J connectivity index is 2.07. The first-order valence-electron chi connectivity index (χ1n) is 4.77. The van der Waals surface area contributed by atoms with E-state index in [0.29, 0.717) is 18.8 Å². The summed E-state index contributed by atoms with van der Waals surface area (Å²) in [6, 6.07) is 0.314. The van der Waals surface area contributed by atoms with Gasteiger partial charge in [-0.2, -0.15) is 0 Å². The average Bonchev–Trinajstić information content (AvgIpc) is 2.47. The summed E-state index contributed by atoms with van der Waals surface area (Å²) in [4.78, 5) is 0. The molecule has 12 heavy (non-hydrogen) atoms. The molecule has 0 spiro atoms. The lowest BCUT2D eigenvalue weighted by atomic mass is 10.2. The number of ether oxygens (including phenoxy) is 1. The van der Waals surface area contributed by atoms with Gasteiger partial charge < -0.3 is 15.6 Å². The number of hydrogen-bond acceptors (Lipinski definition) is 3. The zero-order valence-corrected chi connectivity index (χ0v) is 7.70. The average molecular weight is 173 g/mol. The fourth-order valence-electron chi connectivity index (χ4n) is 1.49. The van der Waals surface area contributed by atoms with Crippen molar-refractivity contribution in [2.24, 2.45) is 5.73 Å². The number of rotatable bonds is 4. The molecule has 0 aromatic carbocycles. The molecule has 0 saturated heterocycles. The molecule has 0 amide bonds. The van der Waals surface area contributed by atoms with Crippen LogP contribution in [0.4, 0.5) is 0 Å². The molecule has 1 aliphatic rings. The van der Waals surface area contributed by atoms with Gasteiger partial charge in [0.15, 0.2) is 0 Å². The number of aliphatic hydroxyl groups excluding tert-OH is 1. The van der Waals surface area contributed by atoms with E-state index in [4.69, 9.17) is 10.5 Å². The normalized spacial score (nSPS) is 32.2. The van der Waals surface area contributed by atoms with E-state index in [2.05, 4.69) is 0 Å². The van der Waals surface area contributed by atoms with Crippen LogP contribution in [0.15, 0.2) is 0 Å². The monoisotopic (exact) mass is 173 g/mol. The molecule has 0 aliphatic heterocycles. The van der Waals surface area contributed by atoms with Crippen LogP contribution in [0.1, 0.15) is 32.6 Å². The quantitative estimate of drug-likeness (QED) is 0.656. The Morgan fingerprint density at radius 1 is 1.58 bits per heavy atom. The van der Waals surface area contributed by atoms with Gasteiger partial charge in [0.1, 0.15) is 0 Å². The minimum Gasteiger partial charge on any atom is -0.391 e. The minimum atomic E-state index is -0.304. The highest BCUT2D eigenvalue weighted by atomic mass is 16.5. The molecule has 3 nitrogen and oxygen atoms in total. The van der Waals surface area contributed by atoms with Gasteiger partial charge in [0.25, 0.3) is 0 Å². The Labute approximate surface area is 73.9 Å². The Bertz CT molecular complexity index is 130. The zero-order chi connectivity index (χ0) is 8.97. The molecule has 72 valence electrons. The summed E-state index contributed by atoms with van der Waals surface area (Å²) in [5.74, 6) is 0. The van der Waals surface area contributed by atoms with Gasteiger partial charge in [-0.25, -0.2) is 0 Å². The van der Waals surface area contributed by atoms with E-state index in [0.717, 1.165) is 25.7 Å². The smallest absolute Gasteiger partial charge is 0.0771 e. The van der Waals surface area contributed by atoms with Crippen LogP contribution in [0.25, 0.3) is 0 Å². The second kappa shape index (κ2) is 4.80. The van der Waals surface area contributed by atoms with Crippen molar-refractivity contribution < 1.29 is 9.84 Å². The Hall–Kier alpha value is -0.120. The third-order valence-corrected chi connectivity index (χ3v) is 2.42. The molecule has 0 heterocycles. The first kappa shape index (κ1) is 9.96. The maximum Gasteiger partial charge on any atom is 0.0771 e. The summed E-state index contributed by atoms with van der Waals surface area (Å²) in [6.07, 6.45) is 3.82. The molecule has 0 aromatic heterocycles. The van der Waals surface area contributed by atoms with Gasteiger partial charge in [0, 0.05) is 6.04 Å². The minimum absolute atomic E-state index is 0.293. The third kappa shape index (κ3) is 3.09. The van der Waals surface area contributed by atoms with E-state index in [1.165, 1.54) is 0 Å². The van der Waals surface area contributed by atoms with Crippen molar-refractivity contribution >= 4 is 0 Å². The van der Waals surface area contributed by atoms with E-state index in [-0.39, 0.29) is 6.10 Å². The van der Waals surface area contributed by atoms with Crippen molar-refractivity contribution in [1.82, 2.24) is 0 Å². The third-order valence-electron chi connectivity index (χ3n) is 2.42. The largest absolute Gasteiger partial charge is 0.391 e. The molecule has 3 atom stereocenters. The predicted octanol–water partition coefficient (Wildman–Crippen LogP) is 0.654. The van der Waals surface area contributed by atoms with Gasteiger partial charge in [-0.1, -0.05) is 6.92 Å². The zero-order valence-electron chi connectivity index (χ0n) is 7.70.